The van der Waals surface area contributed by atoms with Gasteiger partial charge >= 0.3 is 6.03 Å². The molecule has 2 fully saturated rings. The quantitative estimate of drug-likeness (QED) is 0.655. The Morgan fingerprint density at radius 1 is 1.33 bits per heavy atom. The minimum atomic E-state index is -0.582. The van der Waals surface area contributed by atoms with Gasteiger partial charge in [-0.25, -0.2) is 4.79 Å². The number of hydrogen-bond donors (Lipinski definition) is 1. The molecule has 0 bridgehead atoms. The molecule has 1 N–H and O–H groups in total. The number of carbonyl (C=O) groups is 2. The van der Waals surface area contributed by atoms with Gasteiger partial charge in [0.05, 0.1) is 0 Å². The van der Waals surface area contributed by atoms with Crippen molar-refractivity contribution in [1.29, 1.82) is 0 Å². The molecule has 2 aliphatic heterocycles. The molecule has 3 amide bonds. The first-order chi connectivity index (χ1) is 7.17. The second-order valence-corrected chi connectivity index (χ2v) is 4.03. The monoisotopic (exact) mass is 211 g/mol. The van der Waals surface area contributed by atoms with Crippen LogP contribution in [0.4, 0.5) is 4.79 Å². The van der Waals surface area contributed by atoms with Crippen LogP contribution in [0.15, 0.2) is 0 Å². The summed E-state index contributed by atoms with van der Waals surface area (Å²) in [6, 6.07) is -0.131. The normalized spacial score (nSPS) is 31.1. The molecule has 0 radical (unpaired) electrons. The molecule has 15 heavy (non-hydrogen) atoms. The average Bonchev–Trinajstić information content (AvgIpc) is 2.76. The van der Waals surface area contributed by atoms with Crippen molar-refractivity contribution in [2.24, 2.45) is 0 Å². The molecule has 0 aromatic carbocycles. The lowest BCUT2D eigenvalue weighted by atomic mass is 9.97. The third-order valence-corrected chi connectivity index (χ3v) is 3.39. The summed E-state index contributed by atoms with van der Waals surface area (Å²) in [6.07, 6.45) is 0.738. The number of nitrogens with one attached hydrogen (secondary N) is 1. The highest BCUT2D eigenvalue weighted by molar-refractivity contribution is 6.07. The van der Waals surface area contributed by atoms with Crippen LogP contribution in [0.1, 0.15) is 20.3 Å². The predicted molar refractivity (Wildman–Crippen MR) is 55.4 cm³/mol. The summed E-state index contributed by atoms with van der Waals surface area (Å²) in [6.45, 7) is 6.24. The Bertz CT molecular complexity index is 297. The molecule has 2 saturated heterocycles. The standard InChI is InChI=1S/C10H17N3O2/c1-3-12-8(14)10(5-6-11-7-10)13(4-2)9(12)15/h11H,3-7H2,1-2H3. The Morgan fingerprint density at radius 3 is 2.53 bits per heavy atom. The number of amides is 3. The van der Waals surface area contributed by atoms with Crippen LogP contribution in [0.5, 0.6) is 0 Å². The number of carbonyl (C=O) groups excluding carboxylic acids is 2. The predicted octanol–water partition coefficient (Wildman–Crippen LogP) is 0.0225. The van der Waals surface area contributed by atoms with E-state index in [2.05, 4.69) is 5.32 Å². The van der Waals surface area contributed by atoms with Gasteiger partial charge < -0.3 is 10.2 Å². The van der Waals surface area contributed by atoms with E-state index in [0.717, 1.165) is 13.0 Å². The Labute approximate surface area is 89.4 Å². The molecule has 2 heterocycles. The highest BCUT2D eigenvalue weighted by atomic mass is 16.2. The van der Waals surface area contributed by atoms with Crippen LogP contribution in [0, 0.1) is 0 Å². The third-order valence-electron chi connectivity index (χ3n) is 3.39. The number of rotatable bonds is 2. The molecule has 5 heteroatoms. The summed E-state index contributed by atoms with van der Waals surface area (Å²) in [4.78, 5) is 27.2. The van der Waals surface area contributed by atoms with E-state index in [4.69, 9.17) is 0 Å². The Balaban J connectivity index is 2.37. The minimum absolute atomic E-state index is 0.0261. The van der Waals surface area contributed by atoms with Crippen molar-refractivity contribution in [3.05, 3.63) is 0 Å². The van der Waals surface area contributed by atoms with E-state index in [9.17, 15) is 9.59 Å². The molecule has 2 aliphatic rings. The summed E-state index contributed by atoms with van der Waals surface area (Å²) in [5.41, 5.74) is -0.582. The third kappa shape index (κ3) is 1.19. The van der Waals surface area contributed by atoms with Crippen molar-refractivity contribution in [3.8, 4) is 0 Å². The first-order valence-corrected chi connectivity index (χ1v) is 5.51. The summed E-state index contributed by atoms with van der Waals surface area (Å²) in [5, 5.41) is 3.17. The molecular formula is C10H17N3O2. The van der Waals surface area contributed by atoms with Crippen molar-refractivity contribution in [3.63, 3.8) is 0 Å². The molecule has 1 atom stereocenters. The van der Waals surface area contributed by atoms with Gasteiger partial charge in [0.15, 0.2) is 0 Å². The van der Waals surface area contributed by atoms with Gasteiger partial charge in [-0.15, -0.1) is 0 Å². The van der Waals surface area contributed by atoms with Gasteiger partial charge in [-0.2, -0.15) is 0 Å². The lowest BCUT2D eigenvalue weighted by Gasteiger charge is -2.29. The first-order valence-electron chi connectivity index (χ1n) is 5.51. The number of likely N-dealkylation sites (N-methyl/N-ethyl adjacent to an activating group) is 2. The fourth-order valence-electron chi connectivity index (χ4n) is 2.59. The van der Waals surface area contributed by atoms with Crippen LogP contribution in [0.25, 0.3) is 0 Å². The van der Waals surface area contributed by atoms with E-state index >= 15 is 0 Å². The highest BCUT2D eigenvalue weighted by Crippen LogP contribution is 2.32. The Kier molecular flexibility index (Phi) is 2.42. The summed E-state index contributed by atoms with van der Waals surface area (Å²) >= 11 is 0. The fourth-order valence-corrected chi connectivity index (χ4v) is 2.59. The number of urea groups is 1. The van der Waals surface area contributed by atoms with Crippen LogP contribution in [-0.2, 0) is 4.79 Å². The van der Waals surface area contributed by atoms with Gasteiger partial charge in [0.1, 0.15) is 5.54 Å². The van der Waals surface area contributed by atoms with Crippen molar-refractivity contribution < 1.29 is 9.59 Å². The molecule has 0 aromatic rings. The Hall–Kier alpha value is -1.10. The van der Waals surface area contributed by atoms with Crippen LogP contribution in [0.3, 0.4) is 0 Å². The van der Waals surface area contributed by atoms with E-state index < -0.39 is 5.54 Å². The largest absolute Gasteiger partial charge is 0.327 e. The summed E-state index contributed by atoms with van der Waals surface area (Å²) in [5.74, 6) is -0.0261. The average molecular weight is 211 g/mol. The van der Waals surface area contributed by atoms with Gasteiger partial charge in [-0.05, 0) is 26.8 Å². The smallest absolute Gasteiger partial charge is 0.314 e. The maximum Gasteiger partial charge on any atom is 0.327 e. The van der Waals surface area contributed by atoms with Crippen molar-refractivity contribution >= 4 is 11.9 Å². The molecule has 0 aromatic heterocycles. The van der Waals surface area contributed by atoms with Gasteiger partial charge in [0, 0.05) is 19.6 Å². The Morgan fingerprint density at radius 2 is 2.07 bits per heavy atom. The van der Waals surface area contributed by atoms with Crippen LogP contribution in [-0.4, -0.2) is 53.5 Å². The lowest BCUT2D eigenvalue weighted by molar-refractivity contribution is -0.132. The van der Waals surface area contributed by atoms with Gasteiger partial charge in [-0.3, -0.25) is 9.69 Å². The molecule has 0 aliphatic carbocycles. The lowest BCUT2D eigenvalue weighted by Crippen LogP contribution is -2.51. The SMILES string of the molecule is CCN1C(=O)N(CC)C2(CCNC2)C1=O. The molecule has 5 nitrogen and oxygen atoms in total. The number of nitrogens with zero attached hydrogens (tertiary/aromatic N) is 2. The second kappa shape index (κ2) is 3.48. The van der Waals surface area contributed by atoms with Gasteiger partial charge in [-0.1, -0.05) is 0 Å². The topological polar surface area (TPSA) is 52.7 Å². The van der Waals surface area contributed by atoms with Crippen LogP contribution in [0.2, 0.25) is 0 Å². The molecule has 0 saturated carbocycles. The molecule has 84 valence electrons. The zero-order valence-corrected chi connectivity index (χ0v) is 9.25. The molecule has 1 unspecified atom stereocenters. The van der Waals surface area contributed by atoms with Crippen molar-refractivity contribution in [2.45, 2.75) is 25.8 Å². The van der Waals surface area contributed by atoms with Crippen LogP contribution < -0.4 is 5.32 Å². The van der Waals surface area contributed by atoms with E-state index in [0.29, 0.717) is 19.6 Å². The fraction of sp³-hybridized carbons (Fsp3) is 0.800. The highest BCUT2D eigenvalue weighted by Gasteiger charge is 2.57. The second-order valence-electron chi connectivity index (χ2n) is 4.03. The van der Waals surface area contributed by atoms with E-state index in [1.54, 1.807) is 4.90 Å². The van der Waals surface area contributed by atoms with E-state index in [1.165, 1.54) is 4.90 Å². The zero-order chi connectivity index (χ0) is 11.1. The van der Waals surface area contributed by atoms with Crippen molar-refractivity contribution in [1.82, 2.24) is 15.1 Å². The van der Waals surface area contributed by atoms with Crippen molar-refractivity contribution in [2.75, 3.05) is 26.2 Å². The molecule has 2 rings (SSSR count). The summed E-state index contributed by atoms with van der Waals surface area (Å²) in [7, 11) is 0. The maximum absolute atomic E-state index is 12.2. The van der Waals surface area contributed by atoms with Gasteiger partial charge in [0.2, 0.25) is 0 Å². The van der Waals surface area contributed by atoms with E-state index in [1.807, 2.05) is 13.8 Å². The first kappa shape index (κ1) is 10.4. The molecule has 1 spiro atoms. The number of imide groups is 1. The molecular weight excluding hydrogens is 194 g/mol. The van der Waals surface area contributed by atoms with Crippen LogP contribution >= 0.6 is 0 Å². The van der Waals surface area contributed by atoms with Gasteiger partial charge in [0.25, 0.3) is 5.91 Å². The zero-order valence-electron chi connectivity index (χ0n) is 9.25. The number of hydrogen-bond acceptors (Lipinski definition) is 3. The van der Waals surface area contributed by atoms with E-state index in [-0.39, 0.29) is 11.9 Å². The minimum Gasteiger partial charge on any atom is -0.314 e. The summed E-state index contributed by atoms with van der Waals surface area (Å²) < 4.78 is 0. The maximum atomic E-state index is 12.2.